The fourth-order valence-electron chi connectivity index (χ4n) is 1.53. The number of aliphatic hydroxyl groups excluding tert-OH is 2. The second-order valence-electron chi connectivity index (χ2n) is 3.94. The Hall–Kier alpha value is -2.60. The normalized spacial score (nSPS) is 34.3. The number of aliphatic hydroxyl groups is 2. The first-order chi connectivity index (χ1) is 9.38. The Morgan fingerprint density at radius 3 is 1.40 bits per heavy atom. The van der Waals surface area contributed by atoms with Gasteiger partial charge in [-0.2, -0.15) is 10.2 Å². The van der Waals surface area contributed by atoms with Crippen LogP contribution in [0.3, 0.4) is 0 Å². The van der Waals surface area contributed by atoms with E-state index in [-0.39, 0.29) is 0 Å². The predicted molar refractivity (Wildman–Crippen MR) is 57.8 cm³/mol. The average Bonchev–Trinajstić information content (AvgIpc) is 2.30. The SMILES string of the molecule is O=C1NC(=O)C(N=NC2C(=O)NC(=O)NC2O)C(O)N1. The first kappa shape index (κ1) is 13.8. The zero-order valence-corrected chi connectivity index (χ0v) is 9.73. The van der Waals surface area contributed by atoms with Crippen LogP contribution >= 0.6 is 0 Å². The number of urea groups is 2. The fraction of sp³-hybridized carbons (Fsp3) is 0.500. The number of nitrogens with zero attached hydrogens (tertiary/aromatic N) is 2. The summed E-state index contributed by atoms with van der Waals surface area (Å²) in [5.41, 5.74) is 0. The topological polar surface area (TPSA) is 182 Å². The second kappa shape index (κ2) is 5.18. The summed E-state index contributed by atoms with van der Waals surface area (Å²) in [6.07, 6.45) is -3.23. The second-order valence-corrected chi connectivity index (χ2v) is 3.94. The van der Waals surface area contributed by atoms with Crippen LogP contribution in [0.5, 0.6) is 0 Å². The summed E-state index contributed by atoms with van der Waals surface area (Å²) >= 11 is 0. The van der Waals surface area contributed by atoms with Gasteiger partial charge in [-0.05, 0) is 0 Å². The monoisotopic (exact) mass is 286 g/mol. The van der Waals surface area contributed by atoms with E-state index in [1.165, 1.54) is 0 Å². The molecule has 0 bridgehead atoms. The standard InChI is InChI=1S/C8H10N6O6/c15-3-1(4(16)10-7(19)9-3)13-14-2-5(17)11-8(20)12-6(2)18/h1-3,5,15,17H,(H2,9,10,16,19)(H2,11,12,18,20). The van der Waals surface area contributed by atoms with Crippen LogP contribution in [0.4, 0.5) is 9.59 Å². The summed E-state index contributed by atoms with van der Waals surface area (Å²) in [5.74, 6) is -1.83. The van der Waals surface area contributed by atoms with Gasteiger partial charge in [0.25, 0.3) is 11.8 Å². The van der Waals surface area contributed by atoms with Crippen LogP contribution in [-0.2, 0) is 9.59 Å². The summed E-state index contributed by atoms with van der Waals surface area (Å²) in [6, 6.07) is -4.72. The molecule has 0 aliphatic carbocycles. The molecule has 108 valence electrons. The third-order valence-corrected chi connectivity index (χ3v) is 2.48. The zero-order valence-electron chi connectivity index (χ0n) is 9.73. The summed E-state index contributed by atoms with van der Waals surface area (Å²) in [4.78, 5) is 44.5. The smallest absolute Gasteiger partial charge is 0.323 e. The number of azo groups is 1. The van der Waals surface area contributed by atoms with E-state index in [4.69, 9.17) is 0 Å². The Labute approximate surface area is 110 Å². The molecular formula is C8H10N6O6. The molecule has 0 saturated carbocycles. The van der Waals surface area contributed by atoms with Crippen molar-refractivity contribution in [3.63, 3.8) is 0 Å². The van der Waals surface area contributed by atoms with Gasteiger partial charge >= 0.3 is 12.1 Å². The molecule has 6 N–H and O–H groups in total. The molecule has 4 atom stereocenters. The summed E-state index contributed by atoms with van der Waals surface area (Å²) < 4.78 is 0. The average molecular weight is 286 g/mol. The van der Waals surface area contributed by atoms with Crippen molar-refractivity contribution in [2.75, 3.05) is 0 Å². The third kappa shape index (κ3) is 2.70. The highest BCUT2D eigenvalue weighted by atomic mass is 16.3. The van der Waals surface area contributed by atoms with Crippen molar-refractivity contribution in [3.8, 4) is 0 Å². The Balaban J connectivity index is 2.08. The number of nitrogens with one attached hydrogen (secondary N) is 4. The minimum absolute atomic E-state index is 0.892. The molecule has 2 rings (SSSR count). The molecule has 0 aromatic heterocycles. The van der Waals surface area contributed by atoms with Gasteiger partial charge in [0.15, 0.2) is 24.5 Å². The molecule has 0 spiro atoms. The van der Waals surface area contributed by atoms with Crippen LogP contribution in [0.1, 0.15) is 0 Å². The van der Waals surface area contributed by atoms with Gasteiger partial charge < -0.3 is 20.8 Å². The van der Waals surface area contributed by atoms with Crippen LogP contribution in [-0.4, -0.2) is 58.6 Å². The van der Waals surface area contributed by atoms with E-state index >= 15 is 0 Å². The van der Waals surface area contributed by atoms with Gasteiger partial charge in [0.05, 0.1) is 0 Å². The van der Waals surface area contributed by atoms with Gasteiger partial charge in [0.2, 0.25) is 0 Å². The first-order valence-corrected chi connectivity index (χ1v) is 5.37. The number of hydrogen-bond donors (Lipinski definition) is 6. The zero-order chi connectivity index (χ0) is 14.9. The Morgan fingerprint density at radius 2 is 1.10 bits per heavy atom. The number of carbonyl (C=O) groups is 4. The Kier molecular flexibility index (Phi) is 3.58. The molecule has 2 heterocycles. The van der Waals surface area contributed by atoms with Crippen LogP contribution in [0, 0.1) is 0 Å². The molecule has 2 aliphatic heterocycles. The van der Waals surface area contributed by atoms with Crippen LogP contribution in [0.15, 0.2) is 10.2 Å². The maximum atomic E-state index is 11.4. The van der Waals surface area contributed by atoms with E-state index in [0.717, 1.165) is 0 Å². The lowest BCUT2D eigenvalue weighted by atomic mass is 10.2. The Bertz CT molecular complexity index is 462. The molecule has 0 radical (unpaired) electrons. The largest absolute Gasteiger partial charge is 0.371 e. The molecule has 20 heavy (non-hydrogen) atoms. The van der Waals surface area contributed by atoms with Crippen molar-refractivity contribution in [1.82, 2.24) is 21.3 Å². The molecular weight excluding hydrogens is 276 g/mol. The van der Waals surface area contributed by atoms with E-state index in [1.54, 1.807) is 0 Å². The molecule has 0 aromatic rings. The molecule has 12 nitrogen and oxygen atoms in total. The van der Waals surface area contributed by atoms with E-state index < -0.39 is 48.4 Å². The van der Waals surface area contributed by atoms with Crippen molar-refractivity contribution in [3.05, 3.63) is 0 Å². The van der Waals surface area contributed by atoms with Crippen LogP contribution in [0.2, 0.25) is 0 Å². The van der Waals surface area contributed by atoms with Crippen molar-refractivity contribution in [1.29, 1.82) is 0 Å². The molecule has 2 fully saturated rings. The van der Waals surface area contributed by atoms with Crippen molar-refractivity contribution < 1.29 is 29.4 Å². The lowest BCUT2D eigenvalue weighted by molar-refractivity contribution is -0.127. The van der Waals surface area contributed by atoms with Crippen LogP contribution < -0.4 is 21.3 Å². The van der Waals surface area contributed by atoms with Gasteiger partial charge in [-0.15, -0.1) is 0 Å². The predicted octanol–water partition coefficient (Wildman–Crippen LogP) is -3.51. The van der Waals surface area contributed by atoms with E-state index in [9.17, 15) is 29.4 Å². The fourth-order valence-corrected chi connectivity index (χ4v) is 1.53. The molecule has 2 saturated heterocycles. The molecule has 6 amide bonds. The maximum absolute atomic E-state index is 11.4. The van der Waals surface area contributed by atoms with E-state index in [1.807, 2.05) is 21.3 Å². The van der Waals surface area contributed by atoms with E-state index in [0.29, 0.717) is 0 Å². The lowest BCUT2D eigenvalue weighted by Gasteiger charge is -2.26. The first-order valence-electron chi connectivity index (χ1n) is 5.37. The number of amides is 6. The number of hydrogen-bond acceptors (Lipinski definition) is 8. The number of rotatable bonds is 2. The third-order valence-electron chi connectivity index (χ3n) is 2.48. The number of carbonyl (C=O) groups excluding carboxylic acids is 4. The summed E-state index contributed by atoms with van der Waals surface area (Å²) in [6.45, 7) is 0. The minimum Gasteiger partial charge on any atom is -0.371 e. The lowest BCUT2D eigenvalue weighted by Crippen LogP contribution is -2.61. The molecule has 12 heteroatoms. The van der Waals surface area contributed by atoms with Crippen molar-refractivity contribution >= 4 is 23.9 Å². The van der Waals surface area contributed by atoms with Crippen molar-refractivity contribution in [2.45, 2.75) is 24.5 Å². The summed E-state index contributed by atoms with van der Waals surface area (Å²) in [7, 11) is 0. The van der Waals surface area contributed by atoms with Gasteiger partial charge in [-0.3, -0.25) is 20.2 Å². The molecule has 2 aliphatic rings. The van der Waals surface area contributed by atoms with Crippen LogP contribution in [0.25, 0.3) is 0 Å². The Morgan fingerprint density at radius 1 is 0.750 bits per heavy atom. The van der Waals surface area contributed by atoms with Gasteiger partial charge in [-0.25, -0.2) is 9.59 Å². The molecule has 4 unspecified atom stereocenters. The number of imide groups is 2. The maximum Gasteiger partial charge on any atom is 0.323 e. The summed E-state index contributed by atoms with van der Waals surface area (Å²) in [5, 5.41) is 33.3. The quantitative estimate of drug-likeness (QED) is 0.286. The van der Waals surface area contributed by atoms with Gasteiger partial charge in [0.1, 0.15) is 0 Å². The van der Waals surface area contributed by atoms with Gasteiger partial charge in [-0.1, -0.05) is 0 Å². The molecule has 0 aromatic carbocycles. The van der Waals surface area contributed by atoms with Gasteiger partial charge in [0, 0.05) is 0 Å². The minimum atomic E-state index is -1.61. The highest BCUT2D eigenvalue weighted by molar-refractivity contribution is 6.01. The highest BCUT2D eigenvalue weighted by Crippen LogP contribution is 2.08. The van der Waals surface area contributed by atoms with E-state index in [2.05, 4.69) is 10.2 Å². The highest BCUT2D eigenvalue weighted by Gasteiger charge is 2.37. The van der Waals surface area contributed by atoms with Crippen molar-refractivity contribution in [2.24, 2.45) is 10.2 Å².